The van der Waals surface area contributed by atoms with E-state index in [9.17, 15) is 9.90 Å². The van der Waals surface area contributed by atoms with E-state index in [1.807, 2.05) is 0 Å². The van der Waals surface area contributed by atoms with Gasteiger partial charge >= 0.3 is 5.97 Å². The molecule has 1 unspecified atom stereocenters. The first kappa shape index (κ1) is 17.3. The number of aliphatic hydroxyl groups excluding tert-OH is 1. The normalized spacial score (nSPS) is 12.4. The Morgan fingerprint density at radius 1 is 1.39 bits per heavy atom. The first-order valence-corrected chi connectivity index (χ1v) is 6.31. The summed E-state index contributed by atoms with van der Waals surface area (Å²) in [5, 5.41) is 12.6. The van der Waals surface area contributed by atoms with E-state index < -0.39 is 6.10 Å². The van der Waals surface area contributed by atoms with E-state index >= 15 is 0 Å². The number of rotatable bonds is 12. The van der Waals surface area contributed by atoms with Crippen LogP contribution in [0.3, 0.4) is 0 Å². The van der Waals surface area contributed by atoms with Gasteiger partial charge in [0.15, 0.2) is 0 Å². The SMILES string of the molecule is CCOC(=O)CCCNCC(O)COCCOC. The van der Waals surface area contributed by atoms with Gasteiger partial charge in [-0.1, -0.05) is 0 Å². The fourth-order valence-corrected chi connectivity index (χ4v) is 1.28. The summed E-state index contributed by atoms with van der Waals surface area (Å²) >= 11 is 0. The summed E-state index contributed by atoms with van der Waals surface area (Å²) in [5.74, 6) is -0.178. The van der Waals surface area contributed by atoms with Gasteiger partial charge in [0, 0.05) is 20.1 Å². The minimum absolute atomic E-state index is 0.178. The smallest absolute Gasteiger partial charge is 0.305 e. The minimum Gasteiger partial charge on any atom is -0.466 e. The summed E-state index contributed by atoms with van der Waals surface area (Å²) in [6.45, 7) is 4.63. The average Bonchev–Trinajstić information content (AvgIpc) is 2.34. The Bertz CT molecular complexity index is 201. The highest BCUT2D eigenvalue weighted by atomic mass is 16.5. The molecule has 0 heterocycles. The van der Waals surface area contributed by atoms with Crippen LogP contribution in [0.4, 0.5) is 0 Å². The molecule has 0 rings (SSSR count). The van der Waals surface area contributed by atoms with E-state index in [1.165, 1.54) is 0 Å². The lowest BCUT2D eigenvalue weighted by molar-refractivity contribution is -0.143. The third-order valence-electron chi connectivity index (χ3n) is 2.16. The van der Waals surface area contributed by atoms with E-state index in [0.29, 0.717) is 45.8 Å². The van der Waals surface area contributed by atoms with Crippen molar-refractivity contribution in [2.45, 2.75) is 25.9 Å². The second-order valence-electron chi connectivity index (χ2n) is 3.83. The molecule has 0 saturated carbocycles. The van der Waals surface area contributed by atoms with Gasteiger partial charge in [-0.05, 0) is 19.9 Å². The van der Waals surface area contributed by atoms with Gasteiger partial charge in [-0.25, -0.2) is 0 Å². The van der Waals surface area contributed by atoms with Crippen molar-refractivity contribution in [3.05, 3.63) is 0 Å². The van der Waals surface area contributed by atoms with E-state index in [2.05, 4.69) is 5.32 Å². The third-order valence-corrected chi connectivity index (χ3v) is 2.16. The molecular formula is C12H25NO5. The summed E-state index contributed by atoms with van der Waals surface area (Å²) in [7, 11) is 1.60. The zero-order valence-corrected chi connectivity index (χ0v) is 11.3. The van der Waals surface area contributed by atoms with Crippen LogP contribution >= 0.6 is 0 Å². The molecule has 0 aromatic carbocycles. The second-order valence-corrected chi connectivity index (χ2v) is 3.83. The Balaban J connectivity index is 3.24. The Labute approximate surface area is 109 Å². The van der Waals surface area contributed by atoms with Crippen LogP contribution in [-0.4, -0.2) is 63.8 Å². The van der Waals surface area contributed by atoms with Crippen LogP contribution in [0.5, 0.6) is 0 Å². The maximum absolute atomic E-state index is 11.0. The van der Waals surface area contributed by atoms with Crippen LogP contribution in [-0.2, 0) is 19.0 Å². The van der Waals surface area contributed by atoms with E-state index in [-0.39, 0.29) is 12.6 Å². The molecule has 6 nitrogen and oxygen atoms in total. The van der Waals surface area contributed by atoms with Crippen molar-refractivity contribution in [3.63, 3.8) is 0 Å². The predicted octanol–water partition coefficient (Wildman–Crippen LogP) is -0.0568. The zero-order valence-electron chi connectivity index (χ0n) is 11.3. The van der Waals surface area contributed by atoms with Crippen molar-refractivity contribution in [2.24, 2.45) is 0 Å². The largest absolute Gasteiger partial charge is 0.466 e. The maximum Gasteiger partial charge on any atom is 0.305 e. The highest BCUT2D eigenvalue weighted by Crippen LogP contribution is 1.92. The number of carbonyl (C=O) groups excluding carboxylic acids is 1. The molecule has 0 fully saturated rings. The van der Waals surface area contributed by atoms with Crippen molar-refractivity contribution in [1.82, 2.24) is 5.32 Å². The van der Waals surface area contributed by atoms with Gasteiger partial charge in [-0.15, -0.1) is 0 Å². The average molecular weight is 263 g/mol. The van der Waals surface area contributed by atoms with Crippen LogP contribution in [0.15, 0.2) is 0 Å². The quantitative estimate of drug-likeness (QED) is 0.379. The van der Waals surface area contributed by atoms with Crippen LogP contribution in [0.1, 0.15) is 19.8 Å². The van der Waals surface area contributed by atoms with Crippen LogP contribution in [0.25, 0.3) is 0 Å². The van der Waals surface area contributed by atoms with E-state index in [0.717, 1.165) is 0 Å². The Hall–Kier alpha value is -0.690. The molecule has 6 heteroatoms. The lowest BCUT2D eigenvalue weighted by Gasteiger charge is -2.12. The van der Waals surface area contributed by atoms with Crippen molar-refractivity contribution < 1.29 is 24.1 Å². The van der Waals surface area contributed by atoms with Crippen molar-refractivity contribution >= 4 is 5.97 Å². The first-order chi connectivity index (χ1) is 8.70. The lowest BCUT2D eigenvalue weighted by atomic mass is 10.3. The molecular weight excluding hydrogens is 238 g/mol. The summed E-state index contributed by atoms with van der Waals surface area (Å²) in [5.41, 5.74) is 0. The molecule has 0 radical (unpaired) electrons. The van der Waals surface area contributed by atoms with Gasteiger partial charge in [0.05, 0.1) is 32.5 Å². The molecule has 0 aromatic rings. The topological polar surface area (TPSA) is 77.0 Å². The van der Waals surface area contributed by atoms with Gasteiger partial charge in [-0.2, -0.15) is 0 Å². The standard InChI is InChI=1S/C12H25NO5/c1-3-18-12(15)5-4-6-13-9-11(14)10-17-8-7-16-2/h11,13-14H,3-10H2,1-2H3. The predicted molar refractivity (Wildman–Crippen MR) is 67.4 cm³/mol. The molecule has 0 aliphatic rings. The van der Waals surface area contributed by atoms with Crippen molar-refractivity contribution in [3.8, 4) is 0 Å². The fourth-order valence-electron chi connectivity index (χ4n) is 1.28. The number of aliphatic hydroxyl groups is 1. The van der Waals surface area contributed by atoms with Crippen LogP contribution in [0, 0.1) is 0 Å². The number of hydrogen-bond donors (Lipinski definition) is 2. The van der Waals surface area contributed by atoms with Crippen LogP contribution < -0.4 is 5.32 Å². The first-order valence-electron chi connectivity index (χ1n) is 6.31. The van der Waals surface area contributed by atoms with Gasteiger partial charge in [0.1, 0.15) is 0 Å². The van der Waals surface area contributed by atoms with Crippen molar-refractivity contribution in [1.29, 1.82) is 0 Å². The van der Waals surface area contributed by atoms with Crippen LogP contribution in [0.2, 0.25) is 0 Å². The highest BCUT2D eigenvalue weighted by Gasteiger charge is 2.04. The number of hydrogen-bond acceptors (Lipinski definition) is 6. The number of carbonyl (C=O) groups is 1. The van der Waals surface area contributed by atoms with E-state index in [1.54, 1.807) is 14.0 Å². The molecule has 108 valence electrons. The Morgan fingerprint density at radius 3 is 2.83 bits per heavy atom. The highest BCUT2D eigenvalue weighted by molar-refractivity contribution is 5.69. The number of ether oxygens (including phenoxy) is 3. The second kappa shape index (κ2) is 12.8. The molecule has 0 aliphatic carbocycles. The molecule has 0 spiro atoms. The fraction of sp³-hybridized carbons (Fsp3) is 0.917. The Morgan fingerprint density at radius 2 is 2.17 bits per heavy atom. The lowest BCUT2D eigenvalue weighted by Crippen LogP contribution is -2.31. The molecule has 0 amide bonds. The molecule has 0 saturated heterocycles. The van der Waals surface area contributed by atoms with Gasteiger partial charge in [0.25, 0.3) is 0 Å². The van der Waals surface area contributed by atoms with Crippen molar-refractivity contribution in [2.75, 3.05) is 46.6 Å². The number of methoxy groups -OCH3 is 1. The minimum atomic E-state index is -0.538. The zero-order chi connectivity index (χ0) is 13.6. The number of esters is 1. The molecule has 18 heavy (non-hydrogen) atoms. The van der Waals surface area contributed by atoms with E-state index in [4.69, 9.17) is 14.2 Å². The van der Waals surface area contributed by atoms with Gasteiger partial charge in [-0.3, -0.25) is 4.79 Å². The third kappa shape index (κ3) is 11.8. The molecule has 0 bridgehead atoms. The Kier molecular flexibility index (Phi) is 12.3. The maximum atomic E-state index is 11.0. The summed E-state index contributed by atoms with van der Waals surface area (Å²) in [4.78, 5) is 11.0. The molecule has 0 aromatic heterocycles. The number of nitrogens with one attached hydrogen (secondary N) is 1. The summed E-state index contributed by atoms with van der Waals surface area (Å²) in [6, 6.07) is 0. The molecule has 1 atom stereocenters. The monoisotopic (exact) mass is 263 g/mol. The molecule has 0 aliphatic heterocycles. The summed E-state index contributed by atoms with van der Waals surface area (Å²) < 4.78 is 14.8. The summed E-state index contributed by atoms with van der Waals surface area (Å²) in [6.07, 6.45) is 0.571. The van der Waals surface area contributed by atoms with Gasteiger partial charge < -0.3 is 24.6 Å². The molecule has 2 N–H and O–H groups in total. The van der Waals surface area contributed by atoms with Gasteiger partial charge in [0.2, 0.25) is 0 Å².